The standard InChI is InChI=1S/C16H23F2N3O2S.HI/c1-10(7-8-24(3,22)23)20-16(19-2)21-14-9-11(14)15-12(17)5-4-6-13(15)18;/h4-6,10-11,14H,7-9H2,1-3H3,(H2,19,20,21);1H. The van der Waals surface area contributed by atoms with Gasteiger partial charge < -0.3 is 10.6 Å². The molecule has 5 nitrogen and oxygen atoms in total. The van der Waals surface area contributed by atoms with E-state index in [4.69, 9.17) is 0 Å². The van der Waals surface area contributed by atoms with Crippen LogP contribution in [0.15, 0.2) is 23.2 Å². The Bertz CT molecular complexity index is 708. The Labute approximate surface area is 164 Å². The molecule has 1 aliphatic rings. The highest BCUT2D eigenvalue weighted by atomic mass is 127. The van der Waals surface area contributed by atoms with Crippen LogP contribution in [-0.2, 0) is 9.84 Å². The van der Waals surface area contributed by atoms with Gasteiger partial charge >= 0.3 is 0 Å². The van der Waals surface area contributed by atoms with Gasteiger partial charge in [0.1, 0.15) is 21.5 Å². The maximum atomic E-state index is 13.8. The van der Waals surface area contributed by atoms with Gasteiger partial charge in [-0.25, -0.2) is 17.2 Å². The second kappa shape index (κ2) is 9.11. The van der Waals surface area contributed by atoms with Crippen LogP contribution in [-0.4, -0.2) is 45.5 Å². The number of sulfone groups is 1. The first kappa shape index (κ1) is 22.1. The Morgan fingerprint density at radius 1 is 1.36 bits per heavy atom. The summed E-state index contributed by atoms with van der Waals surface area (Å²) in [6, 6.07) is 3.68. The van der Waals surface area contributed by atoms with Crippen LogP contribution in [0.3, 0.4) is 0 Å². The number of benzene rings is 1. The summed E-state index contributed by atoms with van der Waals surface area (Å²) in [6.07, 6.45) is 2.27. The average Bonchev–Trinajstić information content (AvgIpc) is 3.22. The lowest BCUT2D eigenvalue weighted by Gasteiger charge is -2.17. The molecule has 1 saturated carbocycles. The van der Waals surface area contributed by atoms with E-state index >= 15 is 0 Å². The fourth-order valence-electron chi connectivity index (χ4n) is 2.58. The molecule has 3 atom stereocenters. The maximum absolute atomic E-state index is 13.8. The zero-order valence-electron chi connectivity index (χ0n) is 14.4. The molecule has 0 bridgehead atoms. The van der Waals surface area contributed by atoms with Crippen molar-refractivity contribution >= 4 is 39.8 Å². The number of aliphatic imine (C=N–C) groups is 1. The van der Waals surface area contributed by atoms with Gasteiger partial charge in [0.05, 0.1) is 5.75 Å². The summed E-state index contributed by atoms with van der Waals surface area (Å²) >= 11 is 0. The molecule has 0 aliphatic heterocycles. The normalized spacial score (nSPS) is 21.2. The van der Waals surface area contributed by atoms with E-state index in [0.717, 1.165) is 0 Å². The van der Waals surface area contributed by atoms with Gasteiger partial charge in [-0.05, 0) is 31.9 Å². The molecule has 142 valence electrons. The van der Waals surface area contributed by atoms with Gasteiger partial charge in [0.25, 0.3) is 0 Å². The Morgan fingerprint density at radius 3 is 2.48 bits per heavy atom. The molecular weight excluding hydrogens is 463 g/mol. The van der Waals surface area contributed by atoms with Crippen LogP contribution in [0, 0.1) is 11.6 Å². The van der Waals surface area contributed by atoms with Crippen LogP contribution in [0.4, 0.5) is 8.78 Å². The molecular formula is C16H24F2IN3O2S. The van der Waals surface area contributed by atoms with Crippen LogP contribution in [0.25, 0.3) is 0 Å². The summed E-state index contributed by atoms with van der Waals surface area (Å²) in [7, 11) is -1.41. The van der Waals surface area contributed by atoms with Crippen molar-refractivity contribution in [1.29, 1.82) is 0 Å². The number of hydrogen-bond acceptors (Lipinski definition) is 3. The van der Waals surface area contributed by atoms with Crippen molar-refractivity contribution in [1.82, 2.24) is 10.6 Å². The number of guanidine groups is 1. The molecule has 0 spiro atoms. The average molecular weight is 487 g/mol. The Hall–Kier alpha value is -0.970. The molecule has 0 radical (unpaired) electrons. The van der Waals surface area contributed by atoms with Gasteiger partial charge in [-0.3, -0.25) is 4.99 Å². The fourth-order valence-corrected chi connectivity index (χ4v) is 3.36. The third-order valence-electron chi connectivity index (χ3n) is 4.01. The first-order chi connectivity index (χ1) is 11.2. The summed E-state index contributed by atoms with van der Waals surface area (Å²) < 4.78 is 50.0. The SMILES string of the molecule is CN=C(NC(C)CCS(C)(=O)=O)NC1CC1c1c(F)cccc1F.I. The molecule has 2 rings (SSSR count). The highest BCUT2D eigenvalue weighted by Crippen LogP contribution is 2.43. The molecule has 0 amide bonds. The topological polar surface area (TPSA) is 70.6 Å². The molecule has 1 fully saturated rings. The molecule has 1 aliphatic carbocycles. The molecule has 1 aromatic carbocycles. The largest absolute Gasteiger partial charge is 0.354 e. The van der Waals surface area contributed by atoms with Crippen molar-refractivity contribution in [2.24, 2.45) is 4.99 Å². The third-order valence-corrected chi connectivity index (χ3v) is 4.99. The minimum atomic E-state index is -3.01. The van der Waals surface area contributed by atoms with E-state index in [9.17, 15) is 17.2 Å². The van der Waals surface area contributed by atoms with E-state index in [1.807, 2.05) is 6.92 Å². The predicted molar refractivity (Wildman–Crippen MR) is 106 cm³/mol. The van der Waals surface area contributed by atoms with E-state index in [1.54, 1.807) is 7.05 Å². The van der Waals surface area contributed by atoms with Crippen LogP contribution < -0.4 is 10.6 Å². The Balaban J connectivity index is 0.00000312. The highest BCUT2D eigenvalue weighted by Gasteiger charge is 2.42. The van der Waals surface area contributed by atoms with E-state index < -0.39 is 21.5 Å². The second-order valence-corrected chi connectivity index (χ2v) is 8.52. The monoisotopic (exact) mass is 487 g/mol. The zero-order chi connectivity index (χ0) is 17.9. The molecule has 3 unspecified atom stereocenters. The van der Waals surface area contributed by atoms with E-state index in [-0.39, 0.29) is 53.3 Å². The summed E-state index contributed by atoms with van der Waals surface area (Å²) in [4.78, 5) is 4.08. The van der Waals surface area contributed by atoms with Gasteiger partial charge in [-0.1, -0.05) is 6.07 Å². The minimum absolute atomic E-state index is 0. The van der Waals surface area contributed by atoms with E-state index in [1.165, 1.54) is 24.5 Å². The maximum Gasteiger partial charge on any atom is 0.191 e. The van der Waals surface area contributed by atoms with Crippen molar-refractivity contribution in [3.8, 4) is 0 Å². The van der Waals surface area contributed by atoms with Crippen LogP contribution in [0.2, 0.25) is 0 Å². The van der Waals surface area contributed by atoms with Crippen molar-refractivity contribution in [2.75, 3.05) is 19.1 Å². The van der Waals surface area contributed by atoms with E-state index in [0.29, 0.717) is 18.8 Å². The number of nitrogens with one attached hydrogen (secondary N) is 2. The number of hydrogen-bond donors (Lipinski definition) is 2. The van der Waals surface area contributed by atoms with Crippen LogP contribution >= 0.6 is 24.0 Å². The predicted octanol–water partition coefficient (Wildman–Crippen LogP) is 2.43. The van der Waals surface area contributed by atoms with Gasteiger partial charge in [0, 0.05) is 36.9 Å². The summed E-state index contributed by atoms with van der Waals surface area (Å²) in [5.74, 6) is -0.705. The molecule has 1 aromatic rings. The summed E-state index contributed by atoms with van der Waals surface area (Å²) in [6.45, 7) is 1.86. The number of rotatable bonds is 6. The number of nitrogens with zero attached hydrogens (tertiary/aromatic N) is 1. The summed E-state index contributed by atoms with van der Waals surface area (Å²) in [5.41, 5.74) is 0.107. The van der Waals surface area contributed by atoms with Crippen molar-refractivity contribution in [3.05, 3.63) is 35.4 Å². The quantitative estimate of drug-likeness (QED) is 0.368. The summed E-state index contributed by atoms with van der Waals surface area (Å²) in [5, 5.41) is 6.23. The highest BCUT2D eigenvalue weighted by molar-refractivity contribution is 14.0. The molecule has 0 heterocycles. The van der Waals surface area contributed by atoms with Gasteiger partial charge in [-0.15, -0.1) is 24.0 Å². The minimum Gasteiger partial charge on any atom is -0.354 e. The zero-order valence-corrected chi connectivity index (χ0v) is 17.6. The van der Waals surface area contributed by atoms with Crippen molar-refractivity contribution in [2.45, 2.75) is 37.8 Å². The first-order valence-corrected chi connectivity index (χ1v) is 9.89. The van der Waals surface area contributed by atoms with Crippen molar-refractivity contribution in [3.63, 3.8) is 0 Å². The lowest BCUT2D eigenvalue weighted by Crippen LogP contribution is -2.44. The molecule has 2 N–H and O–H groups in total. The third kappa shape index (κ3) is 6.69. The Kier molecular flexibility index (Phi) is 8.04. The number of halogens is 3. The molecule has 9 heteroatoms. The van der Waals surface area contributed by atoms with Gasteiger partial charge in [0.15, 0.2) is 5.96 Å². The van der Waals surface area contributed by atoms with Gasteiger partial charge in [0.2, 0.25) is 0 Å². The van der Waals surface area contributed by atoms with Crippen LogP contribution in [0.5, 0.6) is 0 Å². The lowest BCUT2D eigenvalue weighted by molar-refractivity contribution is 0.552. The van der Waals surface area contributed by atoms with Gasteiger partial charge in [-0.2, -0.15) is 0 Å². The first-order valence-electron chi connectivity index (χ1n) is 7.82. The Morgan fingerprint density at radius 2 is 1.96 bits per heavy atom. The van der Waals surface area contributed by atoms with Crippen molar-refractivity contribution < 1.29 is 17.2 Å². The second-order valence-electron chi connectivity index (χ2n) is 6.26. The molecule has 25 heavy (non-hydrogen) atoms. The smallest absolute Gasteiger partial charge is 0.191 e. The van der Waals surface area contributed by atoms with Crippen LogP contribution in [0.1, 0.15) is 31.2 Å². The molecule has 0 aromatic heterocycles. The fraction of sp³-hybridized carbons (Fsp3) is 0.562. The van der Waals surface area contributed by atoms with E-state index in [2.05, 4.69) is 15.6 Å². The molecule has 0 saturated heterocycles. The lowest BCUT2D eigenvalue weighted by atomic mass is 10.1.